The summed E-state index contributed by atoms with van der Waals surface area (Å²) in [5.41, 5.74) is 3.13. The van der Waals surface area contributed by atoms with Crippen molar-refractivity contribution in [1.82, 2.24) is 19.7 Å². The van der Waals surface area contributed by atoms with Crippen LogP contribution in [-0.2, 0) is 0 Å². The molecule has 0 bridgehead atoms. The maximum atomic E-state index is 4.73. The second kappa shape index (κ2) is 6.24. The van der Waals surface area contributed by atoms with E-state index in [1.165, 1.54) is 0 Å². The summed E-state index contributed by atoms with van der Waals surface area (Å²) in [5.74, 6) is 2.92. The Bertz CT molecular complexity index is 628. The summed E-state index contributed by atoms with van der Waals surface area (Å²) in [5, 5.41) is 7.96. The monoisotopic (exact) mass is 287 g/mol. The van der Waals surface area contributed by atoms with Crippen LogP contribution in [0, 0.1) is 20.8 Å². The number of rotatable bonds is 5. The van der Waals surface area contributed by atoms with Gasteiger partial charge in [0.15, 0.2) is 5.82 Å². The van der Waals surface area contributed by atoms with E-state index in [1.807, 2.05) is 18.5 Å². The molecule has 114 valence electrons. The van der Waals surface area contributed by atoms with Crippen LogP contribution in [0.2, 0.25) is 0 Å². The Morgan fingerprint density at radius 3 is 2.43 bits per heavy atom. The molecular formula is C16H25N5. The van der Waals surface area contributed by atoms with E-state index in [0.717, 1.165) is 47.4 Å². The van der Waals surface area contributed by atoms with Crippen molar-refractivity contribution in [3.8, 4) is 5.82 Å². The number of hydrogen-bond acceptors (Lipinski definition) is 4. The van der Waals surface area contributed by atoms with Gasteiger partial charge in [-0.3, -0.25) is 0 Å². The maximum absolute atomic E-state index is 4.73. The molecule has 0 radical (unpaired) electrons. The summed E-state index contributed by atoms with van der Waals surface area (Å²) in [7, 11) is 0. The number of anilines is 1. The van der Waals surface area contributed by atoms with Crippen LogP contribution < -0.4 is 5.32 Å². The van der Waals surface area contributed by atoms with Gasteiger partial charge in [0, 0.05) is 23.7 Å². The van der Waals surface area contributed by atoms with Crippen molar-refractivity contribution < 1.29 is 0 Å². The molecule has 5 nitrogen and oxygen atoms in total. The van der Waals surface area contributed by atoms with Crippen LogP contribution in [0.15, 0.2) is 6.07 Å². The first-order chi connectivity index (χ1) is 9.93. The molecule has 2 heterocycles. The zero-order valence-electron chi connectivity index (χ0n) is 13.9. The highest BCUT2D eigenvalue weighted by atomic mass is 15.3. The van der Waals surface area contributed by atoms with Gasteiger partial charge in [0.1, 0.15) is 11.6 Å². The van der Waals surface area contributed by atoms with Crippen LogP contribution in [0.4, 0.5) is 5.82 Å². The molecule has 2 aromatic heterocycles. The fraction of sp³-hybridized carbons (Fsp3) is 0.562. The van der Waals surface area contributed by atoms with Crippen molar-refractivity contribution in [1.29, 1.82) is 0 Å². The first kappa shape index (κ1) is 15.5. The van der Waals surface area contributed by atoms with E-state index in [1.54, 1.807) is 0 Å². The van der Waals surface area contributed by atoms with Crippen LogP contribution in [0.25, 0.3) is 5.82 Å². The summed E-state index contributed by atoms with van der Waals surface area (Å²) in [4.78, 5) is 9.40. The van der Waals surface area contributed by atoms with Gasteiger partial charge in [0.25, 0.3) is 0 Å². The number of nitrogens with one attached hydrogen (secondary N) is 1. The lowest BCUT2D eigenvalue weighted by molar-refractivity contribution is 0.729. The summed E-state index contributed by atoms with van der Waals surface area (Å²) in [6, 6.07) is 2.07. The summed E-state index contributed by atoms with van der Waals surface area (Å²) in [6.07, 6.45) is 1.07. The minimum atomic E-state index is 0.281. The molecule has 5 heteroatoms. The minimum absolute atomic E-state index is 0.281. The minimum Gasteiger partial charge on any atom is -0.370 e. The summed E-state index contributed by atoms with van der Waals surface area (Å²) < 4.78 is 1.91. The number of hydrogen-bond donors (Lipinski definition) is 1. The van der Waals surface area contributed by atoms with Gasteiger partial charge in [-0.2, -0.15) is 5.10 Å². The van der Waals surface area contributed by atoms with Gasteiger partial charge in [0.2, 0.25) is 0 Å². The first-order valence-corrected chi connectivity index (χ1v) is 7.60. The average molecular weight is 287 g/mol. The highest BCUT2D eigenvalue weighted by molar-refractivity contribution is 5.52. The van der Waals surface area contributed by atoms with Crippen molar-refractivity contribution in [3.05, 3.63) is 28.8 Å². The van der Waals surface area contributed by atoms with E-state index in [2.05, 4.69) is 49.2 Å². The summed E-state index contributed by atoms with van der Waals surface area (Å²) in [6.45, 7) is 13.4. The maximum Gasteiger partial charge on any atom is 0.162 e. The predicted octanol–water partition coefficient (Wildman–Crippen LogP) is 3.53. The van der Waals surface area contributed by atoms with Crippen LogP contribution in [-0.4, -0.2) is 26.3 Å². The van der Waals surface area contributed by atoms with Crippen LogP contribution in [0.5, 0.6) is 0 Å². The quantitative estimate of drug-likeness (QED) is 0.914. The van der Waals surface area contributed by atoms with Gasteiger partial charge in [-0.25, -0.2) is 14.6 Å². The smallest absolute Gasteiger partial charge is 0.162 e. The highest BCUT2D eigenvalue weighted by Gasteiger charge is 2.16. The predicted molar refractivity (Wildman–Crippen MR) is 86.2 cm³/mol. The largest absolute Gasteiger partial charge is 0.370 e. The molecule has 0 aliphatic carbocycles. The van der Waals surface area contributed by atoms with Gasteiger partial charge in [-0.15, -0.1) is 0 Å². The standard InChI is InChI=1S/C16H25N5/c1-7-8-17-15-13(6)16(19-14(18-15)10(2)3)21-12(5)9-11(4)20-21/h9-10H,7-8H2,1-6H3,(H,17,18,19). The zero-order valence-corrected chi connectivity index (χ0v) is 13.9. The molecule has 2 aromatic rings. The molecule has 0 aliphatic rings. The van der Waals surface area contributed by atoms with Crippen LogP contribution in [0.1, 0.15) is 55.9 Å². The van der Waals surface area contributed by atoms with E-state index in [9.17, 15) is 0 Å². The fourth-order valence-corrected chi connectivity index (χ4v) is 2.24. The Labute approximate surface area is 126 Å². The molecule has 21 heavy (non-hydrogen) atoms. The van der Waals surface area contributed by atoms with Gasteiger partial charge in [-0.1, -0.05) is 20.8 Å². The first-order valence-electron chi connectivity index (χ1n) is 7.60. The fourth-order valence-electron chi connectivity index (χ4n) is 2.24. The van der Waals surface area contributed by atoms with Crippen molar-refractivity contribution in [3.63, 3.8) is 0 Å². The molecule has 0 spiro atoms. The van der Waals surface area contributed by atoms with Crippen molar-refractivity contribution >= 4 is 5.82 Å². The SMILES string of the molecule is CCCNc1nc(C(C)C)nc(-n2nc(C)cc2C)c1C. The molecule has 0 amide bonds. The molecule has 2 rings (SSSR count). The van der Waals surface area contributed by atoms with Gasteiger partial charge in [0.05, 0.1) is 5.69 Å². The second-order valence-corrected chi connectivity index (χ2v) is 5.80. The molecule has 0 saturated heterocycles. The number of aromatic nitrogens is 4. The van der Waals surface area contributed by atoms with Gasteiger partial charge >= 0.3 is 0 Å². The van der Waals surface area contributed by atoms with Gasteiger partial charge < -0.3 is 5.32 Å². The number of aryl methyl sites for hydroxylation is 2. The normalized spacial score (nSPS) is 11.2. The van der Waals surface area contributed by atoms with E-state index in [-0.39, 0.29) is 5.92 Å². The molecule has 0 aliphatic heterocycles. The third kappa shape index (κ3) is 3.23. The number of nitrogens with zero attached hydrogens (tertiary/aromatic N) is 4. The molecular weight excluding hydrogens is 262 g/mol. The molecule has 0 unspecified atom stereocenters. The lowest BCUT2D eigenvalue weighted by Crippen LogP contribution is -2.14. The average Bonchev–Trinajstić information content (AvgIpc) is 2.76. The lowest BCUT2D eigenvalue weighted by Gasteiger charge is -2.16. The third-order valence-electron chi connectivity index (χ3n) is 3.41. The van der Waals surface area contributed by atoms with Gasteiger partial charge in [-0.05, 0) is 33.3 Å². The van der Waals surface area contributed by atoms with E-state index < -0.39 is 0 Å². The Morgan fingerprint density at radius 2 is 1.90 bits per heavy atom. The molecule has 0 aromatic carbocycles. The lowest BCUT2D eigenvalue weighted by atomic mass is 10.2. The molecule has 0 fully saturated rings. The van der Waals surface area contributed by atoms with Crippen molar-refractivity contribution in [2.75, 3.05) is 11.9 Å². The van der Waals surface area contributed by atoms with Crippen molar-refractivity contribution in [2.45, 2.75) is 53.9 Å². The van der Waals surface area contributed by atoms with Crippen molar-refractivity contribution in [2.24, 2.45) is 0 Å². The summed E-state index contributed by atoms with van der Waals surface area (Å²) >= 11 is 0. The van der Waals surface area contributed by atoms with Crippen LogP contribution >= 0.6 is 0 Å². The molecule has 0 atom stereocenters. The third-order valence-corrected chi connectivity index (χ3v) is 3.41. The Kier molecular flexibility index (Phi) is 4.60. The molecule has 0 saturated carbocycles. The molecule has 1 N–H and O–H groups in total. The second-order valence-electron chi connectivity index (χ2n) is 5.80. The Balaban J connectivity index is 2.58. The Hall–Kier alpha value is -1.91. The zero-order chi connectivity index (χ0) is 15.6. The topological polar surface area (TPSA) is 55.6 Å². The van der Waals surface area contributed by atoms with E-state index in [4.69, 9.17) is 4.98 Å². The highest BCUT2D eigenvalue weighted by Crippen LogP contribution is 2.23. The van der Waals surface area contributed by atoms with Crippen LogP contribution in [0.3, 0.4) is 0 Å². The van der Waals surface area contributed by atoms with E-state index >= 15 is 0 Å². The van der Waals surface area contributed by atoms with E-state index in [0.29, 0.717) is 0 Å². The Morgan fingerprint density at radius 1 is 1.19 bits per heavy atom.